The van der Waals surface area contributed by atoms with Gasteiger partial charge in [-0.3, -0.25) is 9.36 Å². The second-order valence-electron chi connectivity index (χ2n) is 6.46. The lowest BCUT2D eigenvalue weighted by Crippen LogP contribution is -2.49. The molecule has 0 spiro atoms. The molecule has 7 nitrogen and oxygen atoms in total. The van der Waals surface area contributed by atoms with Crippen LogP contribution >= 0.6 is 11.8 Å². The van der Waals surface area contributed by atoms with Gasteiger partial charge in [0.25, 0.3) is 0 Å². The average Bonchev–Trinajstić information content (AvgIpc) is 3.00. The smallest absolute Gasteiger partial charge is 0.343 e. The van der Waals surface area contributed by atoms with Crippen molar-refractivity contribution in [2.75, 3.05) is 36.8 Å². The third-order valence-corrected chi connectivity index (χ3v) is 5.46. The van der Waals surface area contributed by atoms with Crippen molar-refractivity contribution in [3.8, 4) is 0 Å². The van der Waals surface area contributed by atoms with Crippen LogP contribution < -0.4 is 10.6 Å². The Morgan fingerprint density at radius 1 is 1.27 bits per heavy atom. The predicted octanol–water partition coefficient (Wildman–Crippen LogP) is 1.73. The van der Waals surface area contributed by atoms with E-state index < -0.39 is 0 Å². The van der Waals surface area contributed by atoms with E-state index in [1.807, 2.05) is 11.8 Å². The topological polar surface area (TPSA) is 74.2 Å². The monoisotopic (exact) mass is 375 g/mol. The van der Waals surface area contributed by atoms with Crippen molar-refractivity contribution in [3.05, 3.63) is 40.3 Å². The Morgan fingerprint density at radius 2 is 2.04 bits per heavy atom. The summed E-state index contributed by atoms with van der Waals surface area (Å²) in [4.78, 5) is 28.4. The highest BCUT2D eigenvalue weighted by Gasteiger charge is 2.22. The Morgan fingerprint density at radius 3 is 2.73 bits per heavy atom. The first kappa shape index (κ1) is 18.6. The van der Waals surface area contributed by atoms with Gasteiger partial charge in [-0.15, -0.1) is 5.10 Å². The van der Waals surface area contributed by atoms with Crippen LogP contribution in [0.15, 0.2) is 34.2 Å². The molecular formula is C18H25N5O2S. The van der Waals surface area contributed by atoms with Crippen LogP contribution in [0.3, 0.4) is 0 Å². The Bertz CT molecular complexity index is 808. The molecule has 1 aromatic heterocycles. The molecule has 1 aliphatic rings. The third-order valence-electron chi connectivity index (χ3n) is 4.49. The van der Waals surface area contributed by atoms with Crippen LogP contribution in [0, 0.1) is 6.92 Å². The summed E-state index contributed by atoms with van der Waals surface area (Å²) in [6.07, 6.45) is 0.849. The molecule has 8 heteroatoms. The number of benzene rings is 1. The van der Waals surface area contributed by atoms with E-state index in [4.69, 9.17) is 0 Å². The van der Waals surface area contributed by atoms with E-state index in [1.54, 1.807) is 4.57 Å². The number of carbonyl (C=O) groups excluding carboxylic acids is 1. The van der Waals surface area contributed by atoms with Gasteiger partial charge >= 0.3 is 5.69 Å². The zero-order chi connectivity index (χ0) is 18.5. The number of hydrogen-bond acceptors (Lipinski definition) is 5. The molecule has 0 aliphatic carbocycles. The SMILES string of the molecule is CCCn1c(SCC(=O)N2CCN(c3cccc(C)c3)CC2)n[nH]c1=O. The Kier molecular flexibility index (Phi) is 6.03. The maximum absolute atomic E-state index is 12.5. The molecule has 1 fully saturated rings. The van der Waals surface area contributed by atoms with Gasteiger partial charge in [0.1, 0.15) is 0 Å². The molecule has 2 aromatic rings. The maximum atomic E-state index is 12.5. The molecule has 1 aliphatic heterocycles. The van der Waals surface area contributed by atoms with Crippen LogP contribution in [0.2, 0.25) is 0 Å². The van der Waals surface area contributed by atoms with Gasteiger partial charge in [-0.25, -0.2) is 9.89 Å². The highest BCUT2D eigenvalue weighted by atomic mass is 32.2. The Hall–Kier alpha value is -2.22. The van der Waals surface area contributed by atoms with Crippen LogP contribution in [-0.2, 0) is 11.3 Å². The van der Waals surface area contributed by atoms with Crippen LogP contribution in [0.5, 0.6) is 0 Å². The molecule has 0 atom stereocenters. The number of aromatic nitrogens is 3. The normalized spacial score (nSPS) is 14.7. The molecule has 1 saturated heterocycles. The van der Waals surface area contributed by atoms with Gasteiger partial charge in [-0.1, -0.05) is 30.8 Å². The number of piperazine rings is 1. The summed E-state index contributed by atoms with van der Waals surface area (Å²) in [6, 6.07) is 8.45. The highest BCUT2D eigenvalue weighted by Crippen LogP contribution is 2.19. The predicted molar refractivity (Wildman–Crippen MR) is 104 cm³/mol. The van der Waals surface area contributed by atoms with Crippen LogP contribution in [0.1, 0.15) is 18.9 Å². The molecule has 0 unspecified atom stereocenters. The zero-order valence-electron chi connectivity index (χ0n) is 15.3. The fourth-order valence-corrected chi connectivity index (χ4v) is 3.97. The minimum atomic E-state index is -0.214. The van der Waals surface area contributed by atoms with Crippen LogP contribution in [-0.4, -0.2) is 57.5 Å². The second kappa shape index (κ2) is 8.44. The van der Waals surface area contributed by atoms with Gasteiger partial charge in [-0.05, 0) is 31.0 Å². The molecule has 2 heterocycles. The van der Waals surface area contributed by atoms with Crippen molar-refractivity contribution in [1.82, 2.24) is 19.7 Å². The number of rotatable bonds is 6. The Balaban J connectivity index is 1.52. The third kappa shape index (κ3) is 4.30. The molecule has 0 bridgehead atoms. The highest BCUT2D eigenvalue weighted by molar-refractivity contribution is 7.99. The zero-order valence-corrected chi connectivity index (χ0v) is 16.1. The van der Waals surface area contributed by atoms with Gasteiger partial charge < -0.3 is 9.80 Å². The summed E-state index contributed by atoms with van der Waals surface area (Å²) < 4.78 is 1.59. The summed E-state index contributed by atoms with van der Waals surface area (Å²) in [5.74, 6) is 0.399. The molecule has 0 radical (unpaired) electrons. The molecule has 3 rings (SSSR count). The van der Waals surface area contributed by atoms with E-state index in [0.717, 1.165) is 32.6 Å². The van der Waals surface area contributed by atoms with Crippen LogP contribution in [0.4, 0.5) is 5.69 Å². The van der Waals surface area contributed by atoms with E-state index in [-0.39, 0.29) is 11.6 Å². The molecule has 1 N–H and O–H groups in total. The maximum Gasteiger partial charge on any atom is 0.343 e. The fourth-order valence-electron chi connectivity index (χ4n) is 3.09. The number of anilines is 1. The standard InChI is InChI=1S/C18H25N5O2S/c1-3-7-23-17(25)19-20-18(23)26-13-16(24)22-10-8-21(9-11-22)15-6-4-5-14(2)12-15/h4-6,12H,3,7-11,13H2,1-2H3,(H,19,25). The second-order valence-corrected chi connectivity index (χ2v) is 7.40. The van der Waals surface area contributed by atoms with Gasteiger partial charge in [0.2, 0.25) is 5.91 Å². The van der Waals surface area contributed by atoms with E-state index in [0.29, 0.717) is 17.5 Å². The summed E-state index contributed by atoms with van der Waals surface area (Å²) in [6.45, 7) is 7.82. The number of nitrogens with one attached hydrogen (secondary N) is 1. The first-order valence-electron chi connectivity index (χ1n) is 8.96. The van der Waals surface area contributed by atoms with E-state index in [9.17, 15) is 9.59 Å². The molecular weight excluding hydrogens is 350 g/mol. The summed E-state index contributed by atoms with van der Waals surface area (Å²) >= 11 is 1.32. The first-order chi connectivity index (χ1) is 12.6. The molecule has 1 aromatic carbocycles. The van der Waals surface area contributed by atoms with E-state index >= 15 is 0 Å². The summed E-state index contributed by atoms with van der Waals surface area (Å²) in [7, 11) is 0. The minimum absolute atomic E-state index is 0.0948. The minimum Gasteiger partial charge on any atom is -0.368 e. The number of aryl methyl sites for hydroxylation is 1. The van der Waals surface area contributed by atoms with Gasteiger partial charge in [0, 0.05) is 38.4 Å². The number of nitrogens with zero attached hydrogens (tertiary/aromatic N) is 4. The Labute approximate surface area is 157 Å². The number of H-pyrrole nitrogens is 1. The number of thioether (sulfide) groups is 1. The summed E-state index contributed by atoms with van der Waals surface area (Å²) in [5.41, 5.74) is 2.25. The van der Waals surface area contributed by atoms with Crippen molar-refractivity contribution < 1.29 is 4.79 Å². The number of aromatic amines is 1. The molecule has 0 saturated carbocycles. The van der Waals surface area contributed by atoms with Crippen molar-refractivity contribution in [2.45, 2.75) is 32.0 Å². The first-order valence-corrected chi connectivity index (χ1v) is 9.94. The largest absolute Gasteiger partial charge is 0.368 e. The number of carbonyl (C=O) groups is 1. The van der Waals surface area contributed by atoms with Crippen molar-refractivity contribution >= 4 is 23.4 Å². The lowest BCUT2D eigenvalue weighted by Gasteiger charge is -2.36. The molecule has 1 amide bonds. The lowest BCUT2D eigenvalue weighted by molar-refractivity contribution is -0.128. The quantitative estimate of drug-likeness (QED) is 0.779. The number of hydrogen-bond donors (Lipinski definition) is 1. The van der Waals surface area contributed by atoms with E-state index in [2.05, 4.69) is 46.3 Å². The van der Waals surface area contributed by atoms with Crippen molar-refractivity contribution in [3.63, 3.8) is 0 Å². The van der Waals surface area contributed by atoms with Gasteiger partial charge in [0.05, 0.1) is 5.75 Å². The van der Waals surface area contributed by atoms with Gasteiger partial charge in [0.15, 0.2) is 5.16 Å². The van der Waals surface area contributed by atoms with Crippen molar-refractivity contribution in [2.24, 2.45) is 0 Å². The average molecular weight is 375 g/mol. The lowest BCUT2D eigenvalue weighted by atomic mass is 10.2. The van der Waals surface area contributed by atoms with Gasteiger partial charge in [-0.2, -0.15) is 0 Å². The molecule has 140 valence electrons. The fraction of sp³-hybridized carbons (Fsp3) is 0.500. The van der Waals surface area contributed by atoms with Crippen molar-refractivity contribution in [1.29, 1.82) is 0 Å². The summed E-state index contributed by atoms with van der Waals surface area (Å²) in [5, 5.41) is 7.07. The number of amides is 1. The van der Waals surface area contributed by atoms with E-state index in [1.165, 1.54) is 23.0 Å². The van der Waals surface area contributed by atoms with Crippen LogP contribution in [0.25, 0.3) is 0 Å². The molecule has 26 heavy (non-hydrogen) atoms.